The number of aromatic nitrogens is 4. The second-order valence-corrected chi connectivity index (χ2v) is 6.31. The summed E-state index contributed by atoms with van der Waals surface area (Å²) in [4.78, 5) is 16.7. The van der Waals surface area contributed by atoms with Crippen LogP contribution in [0.4, 0.5) is 0 Å². The van der Waals surface area contributed by atoms with Gasteiger partial charge in [-0.15, -0.1) is 0 Å². The summed E-state index contributed by atoms with van der Waals surface area (Å²) in [7, 11) is 0. The van der Waals surface area contributed by atoms with Gasteiger partial charge in [-0.3, -0.25) is 9.48 Å². The maximum Gasteiger partial charge on any atom is 0.226 e. The number of imidazole rings is 1. The number of hydrogen-bond acceptors (Lipinski definition) is 3. The second-order valence-electron chi connectivity index (χ2n) is 6.31. The molecule has 1 aliphatic rings. The van der Waals surface area contributed by atoms with Gasteiger partial charge in [0, 0.05) is 37.4 Å². The highest BCUT2D eigenvalue weighted by molar-refractivity contribution is 5.78. The molecule has 2 aromatic heterocycles. The Hall–Kier alpha value is -2.11. The van der Waals surface area contributed by atoms with Crippen LogP contribution >= 0.6 is 0 Å². The lowest BCUT2D eigenvalue weighted by Gasteiger charge is -2.24. The topological polar surface area (TPSA) is 64.7 Å². The van der Waals surface area contributed by atoms with Gasteiger partial charge in [-0.25, -0.2) is 4.98 Å². The fourth-order valence-corrected chi connectivity index (χ4v) is 2.91. The van der Waals surface area contributed by atoms with Crippen molar-refractivity contribution < 1.29 is 4.79 Å². The van der Waals surface area contributed by atoms with Crippen LogP contribution in [0.5, 0.6) is 0 Å². The Bertz CT molecular complexity index is 670. The van der Waals surface area contributed by atoms with Crippen molar-refractivity contribution in [2.45, 2.75) is 58.7 Å². The van der Waals surface area contributed by atoms with Crippen LogP contribution < -0.4 is 5.32 Å². The van der Waals surface area contributed by atoms with E-state index in [0.717, 1.165) is 36.6 Å². The standard InChI is InChI=1S/C16H23N5O/c1-11(2)21-7-6-13(19-21)8-16(22)18-14-4-5-15-17-12(3)9-20(15)10-14/h6-7,9,11,14H,4-5,8,10H2,1-3H3,(H,18,22)/t14-/m0/s1. The van der Waals surface area contributed by atoms with Crippen LogP contribution in [0.2, 0.25) is 0 Å². The van der Waals surface area contributed by atoms with E-state index in [-0.39, 0.29) is 11.9 Å². The Kier molecular flexibility index (Phi) is 4.00. The molecule has 1 atom stereocenters. The van der Waals surface area contributed by atoms with Crippen molar-refractivity contribution in [2.24, 2.45) is 0 Å². The zero-order valence-electron chi connectivity index (χ0n) is 13.4. The van der Waals surface area contributed by atoms with Crippen LogP contribution in [-0.2, 0) is 24.2 Å². The molecule has 3 heterocycles. The van der Waals surface area contributed by atoms with Crippen molar-refractivity contribution in [2.75, 3.05) is 0 Å². The predicted molar refractivity (Wildman–Crippen MR) is 83.5 cm³/mol. The van der Waals surface area contributed by atoms with Crippen molar-refractivity contribution in [1.29, 1.82) is 0 Å². The van der Waals surface area contributed by atoms with Gasteiger partial charge in [-0.2, -0.15) is 5.10 Å². The van der Waals surface area contributed by atoms with E-state index in [4.69, 9.17) is 0 Å². The highest BCUT2D eigenvalue weighted by Crippen LogP contribution is 2.15. The third kappa shape index (κ3) is 3.21. The van der Waals surface area contributed by atoms with E-state index in [1.807, 2.05) is 23.9 Å². The minimum atomic E-state index is 0.0410. The van der Waals surface area contributed by atoms with Crippen LogP contribution in [0.1, 0.15) is 43.5 Å². The van der Waals surface area contributed by atoms with Gasteiger partial charge in [0.15, 0.2) is 0 Å². The molecule has 6 nitrogen and oxygen atoms in total. The SMILES string of the molecule is Cc1cn2c(n1)CC[C@H](NC(=O)Cc1ccn(C(C)C)n1)C2. The van der Waals surface area contributed by atoms with Crippen LogP contribution in [-0.4, -0.2) is 31.3 Å². The molecule has 0 saturated heterocycles. The van der Waals surface area contributed by atoms with Crippen LogP contribution in [0.15, 0.2) is 18.5 Å². The molecule has 0 unspecified atom stereocenters. The number of aryl methyl sites for hydroxylation is 2. The summed E-state index contributed by atoms with van der Waals surface area (Å²) in [5, 5.41) is 7.54. The number of nitrogens with one attached hydrogen (secondary N) is 1. The number of carbonyl (C=O) groups is 1. The summed E-state index contributed by atoms with van der Waals surface area (Å²) in [6.45, 7) is 6.96. The maximum atomic E-state index is 12.2. The van der Waals surface area contributed by atoms with Gasteiger partial charge in [-0.1, -0.05) is 0 Å². The van der Waals surface area contributed by atoms with Crippen molar-refractivity contribution >= 4 is 5.91 Å². The fourth-order valence-electron chi connectivity index (χ4n) is 2.91. The summed E-state index contributed by atoms with van der Waals surface area (Å²) in [6, 6.07) is 2.41. The Morgan fingerprint density at radius 1 is 1.50 bits per heavy atom. The van der Waals surface area contributed by atoms with E-state index < -0.39 is 0 Å². The molecule has 1 amide bonds. The fraction of sp³-hybridized carbons (Fsp3) is 0.562. The Morgan fingerprint density at radius 3 is 3.05 bits per heavy atom. The number of carbonyl (C=O) groups excluding carboxylic acids is 1. The number of rotatable bonds is 4. The molecule has 2 aromatic rings. The summed E-state index contributed by atoms with van der Waals surface area (Å²) in [6.07, 6.45) is 6.18. The predicted octanol–water partition coefficient (Wildman–Crippen LogP) is 1.64. The van der Waals surface area contributed by atoms with E-state index in [1.165, 1.54) is 0 Å². The first-order valence-electron chi connectivity index (χ1n) is 7.87. The van der Waals surface area contributed by atoms with Gasteiger partial charge in [0.1, 0.15) is 5.82 Å². The minimum Gasteiger partial charge on any atom is -0.351 e. The summed E-state index contributed by atoms with van der Waals surface area (Å²) >= 11 is 0. The van der Waals surface area contributed by atoms with E-state index in [1.54, 1.807) is 0 Å². The zero-order chi connectivity index (χ0) is 15.7. The van der Waals surface area contributed by atoms with Gasteiger partial charge in [-0.05, 0) is 33.3 Å². The van der Waals surface area contributed by atoms with Crippen LogP contribution in [0, 0.1) is 6.92 Å². The number of nitrogens with zero attached hydrogens (tertiary/aromatic N) is 4. The lowest BCUT2D eigenvalue weighted by atomic mass is 10.1. The van der Waals surface area contributed by atoms with E-state index in [2.05, 4.69) is 40.0 Å². The minimum absolute atomic E-state index is 0.0410. The van der Waals surface area contributed by atoms with E-state index in [9.17, 15) is 4.79 Å². The zero-order valence-corrected chi connectivity index (χ0v) is 13.4. The molecule has 0 saturated carbocycles. The molecule has 3 rings (SSSR count). The smallest absolute Gasteiger partial charge is 0.226 e. The third-order valence-corrected chi connectivity index (χ3v) is 4.01. The van der Waals surface area contributed by atoms with Crippen LogP contribution in [0.3, 0.4) is 0 Å². The lowest BCUT2D eigenvalue weighted by Crippen LogP contribution is -2.41. The molecule has 22 heavy (non-hydrogen) atoms. The number of hydrogen-bond donors (Lipinski definition) is 1. The first kappa shape index (κ1) is 14.8. The monoisotopic (exact) mass is 301 g/mol. The highest BCUT2D eigenvalue weighted by Gasteiger charge is 2.21. The Labute approximate surface area is 130 Å². The van der Waals surface area contributed by atoms with E-state index in [0.29, 0.717) is 12.5 Å². The molecule has 1 aliphatic heterocycles. The molecule has 0 aromatic carbocycles. The molecule has 1 N–H and O–H groups in total. The quantitative estimate of drug-likeness (QED) is 0.933. The van der Waals surface area contributed by atoms with Gasteiger partial charge >= 0.3 is 0 Å². The van der Waals surface area contributed by atoms with Crippen molar-refractivity contribution in [3.05, 3.63) is 35.7 Å². The normalized spacial score (nSPS) is 17.5. The van der Waals surface area contributed by atoms with Gasteiger partial charge in [0.2, 0.25) is 5.91 Å². The molecule has 0 radical (unpaired) electrons. The summed E-state index contributed by atoms with van der Waals surface area (Å²) in [5.41, 5.74) is 1.86. The van der Waals surface area contributed by atoms with Gasteiger partial charge in [0.05, 0.1) is 17.8 Å². The molecule has 0 spiro atoms. The first-order chi connectivity index (χ1) is 10.5. The largest absolute Gasteiger partial charge is 0.351 e. The molecule has 0 bridgehead atoms. The molecule has 6 heteroatoms. The summed E-state index contributed by atoms with van der Waals surface area (Å²) in [5.74, 6) is 1.16. The number of fused-ring (bicyclic) bond motifs is 1. The molecule has 0 aliphatic carbocycles. The maximum absolute atomic E-state index is 12.2. The second kappa shape index (κ2) is 5.94. The molecular formula is C16H23N5O. The molecule has 118 valence electrons. The Balaban J connectivity index is 1.56. The van der Waals surface area contributed by atoms with Crippen molar-refractivity contribution in [1.82, 2.24) is 24.6 Å². The Morgan fingerprint density at radius 2 is 2.32 bits per heavy atom. The summed E-state index contributed by atoms with van der Waals surface area (Å²) < 4.78 is 4.03. The highest BCUT2D eigenvalue weighted by atomic mass is 16.1. The average molecular weight is 301 g/mol. The third-order valence-electron chi connectivity index (χ3n) is 4.01. The first-order valence-corrected chi connectivity index (χ1v) is 7.87. The van der Waals surface area contributed by atoms with Gasteiger partial charge in [0.25, 0.3) is 0 Å². The van der Waals surface area contributed by atoms with Crippen molar-refractivity contribution in [3.63, 3.8) is 0 Å². The molecule has 0 fully saturated rings. The van der Waals surface area contributed by atoms with Crippen molar-refractivity contribution in [3.8, 4) is 0 Å². The van der Waals surface area contributed by atoms with Crippen LogP contribution in [0.25, 0.3) is 0 Å². The van der Waals surface area contributed by atoms with Gasteiger partial charge < -0.3 is 9.88 Å². The van der Waals surface area contributed by atoms with E-state index >= 15 is 0 Å². The average Bonchev–Trinajstić information content (AvgIpc) is 3.03. The molecular weight excluding hydrogens is 278 g/mol. The lowest BCUT2D eigenvalue weighted by molar-refractivity contribution is -0.121. The number of amides is 1.